The third-order valence-corrected chi connectivity index (χ3v) is 3.09. The van der Waals surface area contributed by atoms with E-state index in [-0.39, 0.29) is 5.82 Å². The summed E-state index contributed by atoms with van der Waals surface area (Å²) in [6.07, 6.45) is 1.33. The lowest BCUT2D eigenvalue weighted by Crippen LogP contribution is -2.43. The molecular formula is C13H14FN3O. The van der Waals surface area contributed by atoms with Gasteiger partial charge in [0.2, 0.25) is 5.89 Å². The summed E-state index contributed by atoms with van der Waals surface area (Å²) >= 11 is 0. The van der Waals surface area contributed by atoms with Gasteiger partial charge < -0.3 is 9.84 Å². The zero-order valence-electron chi connectivity index (χ0n) is 9.90. The van der Waals surface area contributed by atoms with Crippen molar-refractivity contribution < 1.29 is 8.91 Å². The molecule has 1 fully saturated rings. The van der Waals surface area contributed by atoms with Gasteiger partial charge in [-0.15, -0.1) is 0 Å². The average Bonchev–Trinajstić information content (AvgIpc) is 2.71. The van der Waals surface area contributed by atoms with Gasteiger partial charge in [0.15, 0.2) is 5.82 Å². The topological polar surface area (TPSA) is 51.0 Å². The Bertz CT molecular complexity index is 537. The molecule has 0 radical (unpaired) electrons. The molecule has 94 valence electrons. The predicted molar refractivity (Wildman–Crippen MR) is 63.6 cm³/mol. The van der Waals surface area contributed by atoms with Crippen LogP contribution in [-0.4, -0.2) is 23.2 Å². The number of nitrogens with one attached hydrogen (secondary N) is 1. The smallest absolute Gasteiger partial charge is 0.227 e. The number of halogens is 1. The van der Waals surface area contributed by atoms with E-state index in [1.807, 2.05) is 6.07 Å². The van der Waals surface area contributed by atoms with Crippen LogP contribution in [0.25, 0.3) is 0 Å². The molecule has 0 saturated carbocycles. The molecule has 1 aliphatic heterocycles. The summed E-state index contributed by atoms with van der Waals surface area (Å²) < 4.78 is 18.2. The molecule has 0 atom stereocenters. The molecule has 1 aromatic heterocycles. The van der Waals surface area contributed by atoms with E-state index in [9.17, 15) is 4.39 Å². The highest BCUT2D eigenvalue weighted by Gasteiger charge is 2.20. The summed E-state index contributed by atoms with van der Waals surface area (Å²) in [7, 11) is 0. The lowest BCUT2D eigenvalue weighted by Gasteiger charge is -2.25. The second-order valence-corrected chi connectivity index (χ2v) is 4.64. The van der Waals surface area contributed by atoms with Gasteiger partial charge in [0.05, 0.1) is 0 Å². The van der Waals surface area contributed by atoms with Crippen molar-refractivity contribution in [3.8, 4) is 0 Å². The molecule has 1 saturated heterocycles. The summed E-state index contributed by atoms with van der Waals surface area (Å²) in [6, 6.07) is 6.46. The van der Waals surface area contributed by atoms with Crippen molar-refractivity contribution in [3.05, 3.63) is 47.4 Å². The first-order chi connectivity index (χ1) is 8.79. The first-order valence-electron chi connectivity index (χ1n) is 6.06. The van der Waals surface area contributed by atoms with Gasteiger partial charge in [-0.3, -0.25) is 0 Å². The van der Waals surface area contributed by atoms with Crippen molar-refractivity contribution in [1.82, 2.24) is 15.5 Å². The van der Waals surface area contributed by atoms with Crippen LogP contribution in [0.15, 0.2) is 28.8 Å². The highest BCUT2D eigenvalue weighted by molar-refractivity contribution is 5.19. The Balaban J connectivity index is 1.65. The van der Waals surface area contributed by atoms with Crippen molar-refractivity contribution in [3.63, 3.8) is 0 Å². The standard InChI is InChI=1S/C13H14FN3O/c14-11-3-1-2-9(4-11)5-12-16-13(18-17-12)6-10-7-15-8-10/h1-4,10,15H,5-8H2. The lowest BCUT2D eigenvalue weighted by atomic mass is 10.00. The Kier molecular flexibility index (Phi) is 3.06. The molecule has 1 aliphatic rings. The van der Waals surface area contributed by atoms with E-state index in [0.717, 1.165) is 25.1 Å². The third-order valence-electron chi connectivity index (χ3n) is 3.09. The number of aromatic nitrogens is 2. The SMILES string of the molecule is Fc1cccc(Cc2noc(CC3CNC3)n2)c1. The Morgan fingerprint density at radius 3 is 3.00 bits per heavy atom. The first-order valence-corrected chi connectivity index (χ1v) is 6.06. The van der Waals surface area contributed by atoms with E-state index in [0.29, 0.717) is 24.1 Å². The molecule has 2 aromatic rings. The van der Waals surface area contributed by atoms with Crippen molar-refractivity contribution >= 4 is 0 Å². The maximum Gasteiger partial charge on any atom is 0.227 e. The second-order valence-electron chi connectivity index (χ2n) is 4.64. The van der Waals surface area contributed by atoms with Crippen LogP contribution in [0.3, 0.4) is 0 Å². The van der Waals surface area contributed by atoms with Crippen LogP contribution in [0.2, 0.25) is 0 Å². The number of hydrogen-bond donors (Lipinski definition) is 1. The van der Waals surface area contributed by atoms with Gasteiger partial charge >= 0.3 is 0 Å². The minimum atomic E-state index is -0.239. The van der Waals surface area contributed by atoms with Crippen LogP contribution in [0.1, 0.15) is 17.3 Å². The molecule has 0 amide bonds. The fourth-order valence-corrected chi connectivity index (χ4v) is 2.01. The predicted octanol–water partition coefficient (Wildman–Crippen LogP) is 1.56. The lowest BCUT2D eigenvalue weighted by molar-refractivity contribution is 0.295. The van der Waals surface area contributed by atoms with E-state index in [1.165, 1.54) is 12.1 Å². The quantitative estimate of drug-likeness (QED) is 0.890. The molecule has 0 aliphatic carbocycles. The molecule has 3 rings (SSSR count). The molecule has 5 heteroatoms. The Hall–Kier alpha value is -1.75. The number of hydrogen-bond acceptors (Lipinski definition) is 4. The average molecular weight is 247 g/mol. The van der Waals surface area contributed by atoms with Crippen molar-refractivity contribution in [1.29, 1.82) is 0 Å². The molecule has 0 bridgehead atoms. The molecule has 4 nitrogen and oxygen atoms in total. The fourth-order valence-electron chi connectivity index (χ4n) is 2.01. The maximum atomic E-state index is 13.0. The minimum Gasteiger partial charge on any atom is -0.339 e. The fraction of sp³-hybridized carbons (Fsp3) is 0.385. The summed E-state index contributed by atoms with van der Waals surface area (Å²) in [4.78, 5) is 4.33. The molecule has 0 spiro atoms. The van der Waals surface area contributed by atoms with Crippen molar-refractivity contribution in [2.75, 3.05) is 13.1 Å². The van der Waals surface area contributed by atoms with Gasteiger partial charge in [-0.2, -0.15) is 4.98 Å². The number of benzene rings is 1. The van der Waals surface area contributed by atoms with E-state index >= 15 is 0 Å². The molecule has 0 unspecified atom stereocenters. The van der Waals surface area contributed by atoms with Gasteiger partial charge in [0, 0.05) is 12.8 Å². The highest BCUT2D eigenvalue weighted by Crippen LogP contribution is 2.13. The van der Waals surface area contributed by atoms with E-state index < -0.39 is 0 Å². The summed E-state index contributed by atoms with van der Waals surface area (Å²) in [5.74, 6) is 1.65. The van der Waals surface area contributed by atoms with Gasteiger partial charge in [-0.05, 0) is 36.7 Å². The van der Waals surface area contributed by atoms with E-state index in [2.05, 4.69) is 15.5 Å². The van der Waals surface area contributed by atoms with Gasteiger partial charge in [0.1, 0.15) is 5.82 Å². The van der Waals surface area contributed by atoms with Crippen LogP contribution in [-0.2, 0) is 12.8 Å². The number of rotatable bonds is 4. The van der Waals surface area contributed by atoms with Crippen LogP contribution < -0.4 is 5.32 Å². The van der Waals surface area contributed by atoms with Crippen molar-refractivity contribution in [2.45, 2.75) is 12.8 Å². The van der Waals surface area contributed by atoms with Crippen LogP contribution in [0.4, 0.5) is 4.39 Å². The summed E-state index contributed by atoms with van der Waals surface area (Å²) in [6.45, 7) is 2.03. The Morgan fingerprint density at radius 2 is 2.28 bits per heavy atom. The normalized spacial score (nSPS) is 15.6. The highest BCUT2D eigenvalue weighted by atomic mass is 19.1. The van der Waals surface area contributed by atoms with E-state index in [4.69, 9.17) is 4.52 Å². The van der Waals surface area contributed by atoms with Crippen LogP contribution >= 0.6 is 0 Å². The van der Waals surface area contributed by atoms with Gasteiger partial charge in [-0.25, -0.2) is 4.39 Å². The molecule has 1 aromatic carbocycles. The number of nitrogens with zero attached hydrogens (tertiary/aromatic N) is 2. The third kappa shape index (κ3) is 2.56. The van der Waals surface area contributed by atoms with Gasteiger partial charge in [0.25, 0.3) is 0 Å². The Morgan fingerprint density at radius 1 is 1.39 bits per heavy atom. The molecule has 1 N–H and O–H groups in total. The van der Waals surface area contributed by atoms with Crippen molar-refractivity contribution in [2.24, 2.45) is 5.92 Å². The largest absolute Gasteiger partial charge is 0.339 e. The minimum absolute atomic E-state index is 0.239. The van der Waals surface area contributed by atoms with Crippen LogP contribution in [0, 0.1) is 11.7 Å². The van der Waals surface area contributed by atoms with Crippen LogP contribution in [0.5, 0.6) is 0 Å². The summed E-state index contributed by atoms with van der Waals surface area (Å²) in [5.41, 5.74) is 0.854. The molecule has 18 heavy (non-hydrogen) atoms. The Labute approximate surface area is 104 Å². The zero-order valence-corrected chi connectivity index (χ0v) is 9.90. The zero-order chi connectivity index (χ0) is 12.4. The van der Waals surface area contributed by atoms with E-state index in [1.54, 1.807) is 6.07 Å². The summed E-state index contributed by atoms with van der Waals surface area (Å²) in [5, 5.41) is 7.13. The maximum absolute atomic E-state index is 13.0. The second kappa shape index (κ2) is 4.86. The van der Waals surface area contributed by atoms with Gasteiger partial charge in [-0.1, -0.05) is 17.3 Å². The monoisotopic (exact) mass is 247 g/mol. The molecular weight excluding hydrogens is 233 g/mol. The first kappa shape index (κ1) is 11.3. The molecule has 2 heterocycles.